The summed E-state index contributed by atoms with van der Waals surface area (Å²) in [5, 5.41) is 3.18. The first-order chi connectivity index (χ1) is 18.5. The summed E-state index contributed by atoms with van der Waals surface area (Å²) in [4.78, 5) is 18.7. The maximum absolute atomic E-state index is 14.6. The molecular weight excluding hydrogens is 492 g/mol. The summed E-state index contributed by atoms with van der Waals surface area (Å²) in [6.07, 6.45) is 3.17. The van der Waals surface area contributed by atoms with Crippen molar-refractivity contribution >= 4 is 16.9 Å². The van der Waals surface area contributed by atoms with Gasteiger partial charge in [0.15, 0.2) is 23.1 Å². The standard InChI is InChI=1S/C29H27F2N3O4/c1-36-27(17-7-3-2-4-8-17)28-33-22-14-20(30)21(31)15-23(22)34(28)26(29(35)32-19-9-5-6-10-19)18-11-12-24-25(13-18)38-16-37-24/h2-4,7-8,11-15,19,26-27H,5-6,9-10,16H2,1H3,(H,32,35). The van der Waals surface area contributed by atoms with Crippen LogP contribution >= 0.6 is 0 Å². The maximum Gasteiger partial charge on any atom is 0.247 e. The zero-order chi connectivity index (χ0) is 26.2. The van der Waals surface area contributed by atoms with Gasteiger partial charge in [0.05, 0.1) is 11.0 Å². The Labute approximate surface area is 218 Å². The summed E-state index contributed by atoms with van der Waals surface area (Å²) in [5.74, 6) is -0.883. The molecule has 7 nitrogen and oxygen atoms in total. The quantitative estimate of drug-likeness (QED) is 0.353. The molecule has 0 radical (unpaired) electrons. The van der Waals surface area contributed by atoms with Gasteiger partial charge < -0.3 is 24.1 Å². The molecule has 1 N–H and O–H groups in total. The fourth-order valence-corrected chi connectivity index (χ4v) is 5.43. The molecule has 2 unspecified atom stereocenters. The van der Waals surface area contributed by atoms with Crippen LogP contribution in [0, 0.1) is 11.6 Å². The highest BCUT2D eigenvalue weighted by atomic mass is 19.2. The first-order valence-corrected chi connectivity index (χ1v) is 12.7. The third kappa shape index (κ3) is 4.36. The lowest BCUT2D eigenvalue weighted by Gasteiger charge is -2.26. The summed E-state index contributed by atoms with van der Waals surface area (Å²) < 4.78 is 47.6. The lowest BCUT2D eigenvalue weighted by molar-refractivity contribution is -0.123. The van der Waals surface area contributed by atoms with Crippen LogP contribution in [0.4, 0.5) is 8.78 Å². The second kappa shape index (κ2) is 10.1. The first-order valence-electron chi connectivity index (χ1n) is 12.7. The summed E-state index contributed by atoms with van der Waals surface area (Å²) in [6.45, 7) is 0.0845. The monoisotopic (exact) mass is 519 g/mol. The van der Waals surface area contributed by atoms with E-state index in [2.05, 4.69) is 5.32 Å². The minimum Gasteiger partial charge on any atom is -0.454 e. The van der Waals surface area contributed by atoms with Crippen molar-refractivity contribution in [3.63, 3.8) is 0 Å². The summed E-state index contributed by atoms with van der Waals surface area (Å²) in [6, 6.07) is 15.9. The van der Waals surface area contributed by atoms with Crippen LogP contribution in [0.25, 0.3) is 11.0 Å². The van der Waals surface area contributed by atoms with Gasteiger partial charge in [-0.25, -0.2) is 13.8 Å². The number of aromatic nitrogens is 2. The summed E-state index contributed by atoms with van der Waals surface area (Å²) in [5.41, 5.74) is 1.88. The molecule has 4 aromatic rings. The van der Waals surface area contributed by atoms with E-state index >= 15 is 0 Å². The molecule has 0 saturated heterocycles. The Balaban J connectivity index is 1.58. The Morgan fingerprint density at radius 2 is 1.74 bits per heavy atom. The van der Waals surface area contributed by atoms with Gasteiger partial charge in [-0.3, -0.25) is 4.79 Å². The van der Waals surface area contributed by atoms with E-state index < -0.39 is 23.8 Å². The van der Waals surface area contributed by atoms with Crippen molar-refractivity contribution in [3.05, 3.63) is 89.2 Å². The van der Waals surface area contributed by atoms with E-state index in [4.69, 9.17) is 19.2 Å². The van der Waals surface area contributed by atoms with E-state index in [9.17, 15) is 13.6 Å². The highest BCUT2D eigenvalue weighted by Gasteiger charge is 2.34. The molecule has 1 fully saturated rings. The fourth-order valence-electron chi connectivity index (χ4n) is 5.43. The minimum absolute atomic E-state index is 0.0405. The van der Waals surface area contributed by atoms with Crippen molar-refractivity contribution in [1.82, 2.24) is 14.9 Å². The zero-order valence-corrected chi connectivity index (χ0v) is 20.8. The largest absolute Gasteiger partial charge is 0.454 e. The average molecular weight is 520 g/mol. The van der Waals surface area contributed by atoms with Gasteiger partial charge in [-0.05, 0) is 36.1 Å². The van der Waals surface area contributed by atoms with Crippen molar-refractivity contribution in [2.75, 3.05) is 13.9 Å². The van der Waals surface area contributed by atoms with Crippen LogP contribution in [0.15, 0.2) is 60.7 Å². The predicted molar refractivity (Wildman–Crippen MR) is 136 cm³/mol. The van der Waals surface area contributed by atoms with Crippen molar-refractivity contribution in [3.8, 4) is 11.5 Å². The van der Waals surface area contributed by atoms with E-state index in [1.807, 2.05) is 30.3 Å². The van der Waals surface area contributed by atoms with Gasteiger partial charge >= 0.3 is 0 Å². The van der Waals surface area contributed by atoms with Crippen LogP contribution in [0.2, 0.25) is 0 Å². The normalized spacial score (nSPS) is 16.6. The Morgan fingerprint density at radius 3 is 2.50 bits per heavy atom. The Bertz CT molecular complexity index is 1480. The number of carbonyl (C=O) groups is 1. The van der Waals surface area contributed by atoms with Gasteiger partial charge in [-0.1, -0.05) is 49.2 Å². The molecular formula is C29H27F2N3O4. The number of hydrogen-bond acceptors (Lipinski definition) is 5. The summed E-state index contributed by atoms with van der Waals surface area (Å²) in [7, 11) is 1.54. The van der Waals surface area contributed by atoms with Crippen LogP contribution in [0.5, 0.6) is 11.5 Å². The SMILES string of the molecule is COC(c1ccccc1)c1nc2cc(F)c(F)cc2n1C(C(=O)NC1CCCC1)c1ccc2c(c1)OCO2. The van der Waals surface area contributed by atoms with Crippen molar-refractivity contribution < 1.29 is 27.8 Å². The zero-order valence-electron chi connectivity index (χ0n) is 20.8. The Hall–Kier alpha value is -3.98. The van der Waals surface area contributed by atoms with Crippen molar-refractivity contribution in [2.24, 2.45) is 0 Å². The first kappa shape index (κ1) is 24.4. The molecule has 1 amide bonds. The number of benzene rings is 3. The number of amides is 1. The molecule has 0 spiro atoms. The minimum atomic E-state index is -1.03. The maximum atomic E-state index is 14.6. The average Bonchev–Trinajstić information content (AvgIpc) is 3.67. The van der Waals surface area contributed by atoms with Crippen molar-refractivity contribution in [1.29, 1.82) is 0 Å². The molecule has 9 heteroatoms. The fraction of sp³-hybridized carbons (Fsp3) is 0.310. The lowest BCUT2D eigenvalue weighted by atomic mass is 10.0. The second-order valence-electron chi connectivity index (χ2n) is 9.63. The predicted octanol–water partition coefficient (Wildman–Crippen LogP) is 5.43. The number of methoxy groups -OCH3 is 1. The van der Waals surface area contributed by atoms with Gasteiger partial charge in [-0.2, -0.15) is 0 Å². The number of rotatable bonds is 7. The Morgan fingerprint density at radius 1 is 1.00 bits per heavy atom. The number of fused-ring (bicyclic) bond motifs is 2. The third-order valence-corrected chi connectivity index (χ3v) is 7.25. The van der Waals surface area contributed by atoms with Crippen LogP contribution < -0.4 is 14.8 Å². The molecule has 2 heterocycles. The highest BCUT2D eigenvalue weighted by Crippen LogP contribution is 2.39. The van der Waals surface area contributed by atoms with Crippen LogP contribution in [-0.4, -0.2) is 35.4 Å². The van der Waals surface area contributed by atoms with Crippen LogP contribution in [0.3, 0.4) is 0 Å². The molecule has 6 rings (SSSR count). The van der Waals surface area contributed by atoms with Gasteiger partial charge in [0, 0.05) is 25.3 Å². The van der Waals surface area contributed by atoms with E-state index in [1.165, 1.54) is 7.11 Å². The molecule has 1 aromatic heterocycles. The molecule has 196 valence electrons. The second-order valence-corrected chi connectivity index (χ2v) is 9.63. The topological polar surface area (TPSA) is 74.6 Å². The number of ether oxygens (including phenoxy) is 3. The molecule has 2 aliphatic rings. The van der Waals surface area contributed by atoms with Crippen molar-refractivity contribution in [2.45, 2.75) is 43.9 Å². The summed E-state index contributed by atoms with van der Waals surface area (Å²) >= 11 is 0. The molecule has 1 saturated carbocycles. The number of nitrogens with one attached hydrogen (secondary N) is 1. The number of carbonyl (C=O) groups excluding carboxylic acids is 1. The van der Waals surface area contributed by atoms with E-state index in [0.717, 1.165) is 43.4 Å². The number of imidazole rings is 1. The number of hydrogen-bond donors (Lipinski definition) is 1. The highest BCUT2D eigenvalue weighted by molar-refractivity contribution is 5.87. The smallest absolute Gasteiger partial charge is 0.247 e. The molecule has 1 aliphatic carbocycles. The van der Waals surface area contributed by atoms with Crippen LogP contribution in [-0.2, 0) is 9.53 Å². The molecule has 1 aliphatic heterocycles. The van der Waals surface area contributed by atoms with E-state index in [1.54, 1.807) is 22.8 Å². The molecule has 38 heavy (non-hydrogen) atoms. The van der Waals surface area contributed by atoms with Gasteiger partial charge in [0.25, 0.3) is 0 Å². The molecule has 2 atom stereocenters. The van der Waals surface area contributed by atoms with E-state index in [0.29, 0.717) is 22.9 Å². The van der Waals surface area contributed by atoms with Gasteiger partial charge in [0.1, 0.15) is 18.0 Å². The van der Waals surface area contributed by atoms with Crippen LogP contribution in [0.1, 0.15) is 54.8 Å². The lowest BCUT2D eigenvalue weighted by Crippen LogP contribution is -2.39. The van der Waals surface area contributed by atoms with Gasteiger partial charge in [-0.15, -0.1) is 0 Å². The number of halogens is 2. The molecule has 3 aromatic carbocycles. The van der Waals surface area contributed by atoms with E-state index in [-0.39, 0.29) is 29.8 Å². The number of nitrogens with zero attached hydrogens (tertiary/aromatic N) is 2. The van der Waals surface area contributed by atoms with Gasteiger partial charge in [0.2, 0.25) is 12.7 Å². The molecule has 0 bridgehead atoms. The third-order valence-electron chi connectivity index (χ3n) is 7.25. The Kier molecular flexibility index (Phi) is 6.45.